The van der Waals surface area contributed by atoms with Crippen molar-refractivity contribution in [2.75, 3.05) is 26.4 Å². The molecule has 0 aliphatic rings. The molecule has 0 heterocycles. The molecule has 0 aromatic carbocycles. The number of nitrogens with one attached hydrogen (secondary N) is 1. The van der Waals surface area contributed by atoms with Crippen molar-refractivity contribution in [3.05, 3.63) is 0 Å². The number of rotatable bonds is 7. The van der Waals surface area contributed by atoms with Gasteiger partial charge in [-0.1, -0.05) is 20.8 Å². The second kappa shape index (κ2) is 8.15. The van der Waals surface area contributed by atoms with Crippen LogP contribution in [-0.4, -0.2) is 46.4 Å². The fourth-order valence-electron chi connectivity index (χ4n) is 1.21. The monoisotopic (exact) mass is 319 g/mol. The molecular weight excluding hydrogens is 286 g/mol. The van der Waals surface area contributed by atoms with Crippen molar-refractivity contribution >= 4 is 14.4 Å². The van der Waals surface area contributed by atoms with Crippen LogP contribution in [0.4, 0.5) is 4.79 Å². The van der Waals surface area contributed by atoms with Gasteiger partial charge in [-0.05, 0) is 38.9 Å². The Morgan fingerprint density at radius 1 is 0.952 bits per heavy atom. The minimum atomic E-state index is -1.69. The number of hydrogen-bond acceptors (Lipinski definition) is 4. The lowest BCUT2D eigenvalue weighted by atomic mass is 10.1. The molecule has 0 atom stereocenters. The smallest absolute Gasteiger partial charge is 0.407 e. The SMILES string of the molecule is CC(C)(C)NC(=O)OCCOCCO[Si](C)(C)C(C)(C)C. The van der Waals surface area contributed by atoms with Crippen molar-refractivity contribution in [2.45, 2.75) is 65.2 Å². The van der Waals surface area contributed by atoms with Crippen LogP contribution < -0.4 is 5.32 Å². The van der Waals surface area contributed by atoms with Crippen LogP contribution in [-0.2, 0) is 13.9 Å². The lowest BCUT2D eigenvalue weighted by Crippen LogP contribution is -2.41. The molecule has 1 amide bonds. The first-order valence-corrected chi connectivity index (χ1v) is 10.4. The highest BCUT2D eigenvalue weighted by atomic mass is 28.4. The maximum atomic E-state index is 11.4. The molecular formula is C15H33NO4Si. The quantitative estimate of drug-likeness (QED) is 0.576. The van der Waals surface area contributed by atoms with Crippen molar-refractivity contribution < 1.29 is 18.7 Å². The Kier molecular flexibility index (Phi) is 7.92. The van der Waals surface area contributed by atoms with E-state index in [1.165, 1.54) is 0 Å². The number of carbonyl (C=O) groups excluding carboxylic acids is 1. The molecule has 21 heavy (non-hydrogen) atoms. The van der Waals surface area contributed by atoms with E-state index in [-0.39, 0.29) is 17.2 Å². The molecule has 0 aliphatic heterocycles. The summed E-state index contributed by atoms with van der Waals surface area (Å²) in [6, 6.07) is 0. The Morgan fingerprint density at radius 2 is 1.48 bits per heavy atom. The van der Waals surface area contributed by atoms with Gasteiger partial charge in [0.1, 0.15) is 6.61 Å². The molecule has 0 unspecified atom stereocenters. The van der Waals surface area contributed by atoms with Gasteiger partial charge in [0.25, 0.3) is 0 Å². The van der Waals surface area contributed by atoms with Crippen LogP contribution in [0.2, 0.25) is 18.1 Å². The third-order valence-electron chi connectivity index (χ3n) is 3.43. The summed E-state index contributed by atoms with van der Waals surface area (Å²) in [5.74, 6) is 0. The van der Waals surface area contributed by atoms with Crippen molar-refractivity contribution in [1.82, 2.24) is 5.32 Å². The van der Waals surface area contributed by atoms with E-state index >= 15 is 0 Å². The van der Waals surface area contributed by atoms with Gasteiger partial charge in [0.2, 0.25) is 0 Å². The fraction of sp³-hybridized carbons (Fsp3) is 0.933. The zero-order valence-electron chi connectivity index (χ0n) is 15.0. The Balaban J connectivity index is 3.64. The lowest BCUT2D eigenvalue weighted by molar-refractivity contribution is 0.0538. The van der Waals surface area contributed by atoms with Gasteiger partial charge in [0.15, 0.2) is 8.32 Å². The zero-order chi connectivity index (χ0) is 16.7. The van der Waals surface area contributed by atoms with E-state index in [1.807, 2.05) is 20.8 Å². The molecule has 0 aromatic heterocycles. The fourth-order valence-corrected chi connectivity index (χ4v) is 2.24. The first kappa shape index (κ1) is 20.4. The minimum Gasteiger partial charge on any atom is -0.447 e. The molecule has 0 aromatic rings. The van der Waals surface area contributed by atoms with E-state index in [1.54, 1.807) is 0 Å². The van der Waals surface area contributed by atoms with Gasteiger partial charge in [-0.25, -0.2) is 4.79 Å². The lowest BCUT2D eigenvalue weighted by Gasteiger charge is -2.36. The highest BCUT2D eigenvalue weighted by Gasteiger charge is 2.36. The van der Waals surface area contributed by atoms with Gasteiger partial charge in [-0.2, -0.15) is 0 Å². The van der Waals surface area contributed by atoms with Crippen LogP contribution in [0.15, 0.2) is 0 Å². The highest BCUT2D eigenvalue weighted by Crippen LogP contribution is 2.36. The van der Waals surface area contributed by atoms with E-state index in [9.17, 15) is 4.79 Å². The van der Waals surface area contributed by atoms with Gasteiger partial charge < -0.3 is 19.2 Å². The Morgan fingerprint density at radius 3 is 1.95 bits per heavy atom. The predicted octanol–water partition coefficient (Wildman–Crippen LogP) is 3.55. The summed E-state index contributed by atoms with van der Waals surface area (Å²) in [5, 5.41) is 2.93. The zero-order valence-corrected chi connectivity index (χ0v) is 16.0. The molecule has 126 valence electrons. The van der Waals surface area contributed by atoms with Crippen molar-refractivity contribution in [1.29, 1.82) is 0 Å². The summed E-state index contributed by atoms with van der Waals surface area (Å²) >= 11 is 0. The average Bonchev–Trinajstić information content (AvgIpc) is 2.23. The summed E-state index contributed by atoms with van der Waals surface area (Å²) in [5.41, 5.74) is -0.283. The van der Waals surface area contributed by atoms with Gasteiger partial charge >= 0.3 is 6.09 Å². The number of hydrogen-bond donors (Lipinski definition) is 1. The summed E-state index contributed by atoms with van der Waals surface area (Å²) in [6.45, 7) is 18.5. The van der Waals surface area contributed by atoms with E-state index in [0.717, 1.165) is 0 Å². The number of alkyl carbamates (subject to hydrolysis) is 1. The van der Waals surface area contributed by atoms with Crippen LogP contribution in [0.25, 0.3) is 0 Å². The van der Waals surface area contributed by atoms with Crippen LogP contribution in [0.5, 0.6) is 0 Å². The molecule has 0 fully saturated rings. The highest BCUT2D eigenvalue weighted by molar-refractivity contribution is 6.74. The Bertz CT molecular complexity index is 319. The normalized spacial score (nSPS) is 13.1. The minimum absolute atomic E-state index is 0.209. The second-order valence-electron chi connectivity index (χ2n) is 7.73. The molecule has 0 saturated carbocycles. The van der Waals surface area contributed by atoms with Crippen LogP contribution in [0.3, 0.4) is 0 Å². The molecule has 0 radical (unpaired) electrons. The maximum absolute atomic E-state index is 11.4. The van der Waals surface area contributed by atoms with Crippen molar-refractivity contribution in [3.8, 4) is 0 Å². The molecule has 0 rings (SSSR count). The molecule has 1 N–H and O–H groups in total. The molecule has 0 spiro atoms. The second-order valence-corrected chi connectivity index (χ2v) is 12.5. The number of amides is 1. The standard InChI is InChI=1S/C15H33NO4Si/c1-14(2,3)16-13(17)19-11-9-18-10-12-20-21(7,8)15(4,5)6/h9-12H2,1-8H3,(H,16,17). The topological polar surface area (TPSA) is 56.8 Å². The molecule has 0 aliphatic carbocycles. The van der Waals surface area contributed by atoms with Gasteiger partial charge in [-0.3, -0.25) is 0 Å². The molecule has 5 nitrogen and oxygen atoms in total. The largest absolute Gasteiger partial charge is 0.447 e. The number of ether oxygens (including phenoxy) is 2. The Hall–Kier alpha value is -0.593. The van der Waals surface area contributed by atoms with Crippen LogP contribution in [0.1, 0.15) is 41.5 Å². The maximum Gasteiger partial charge on any atom is 0.407 e. The Labute approximate surface area is 130 Å². The molecule has 0 saturated heterocycles. The van der Waals surface area contributed by atoms with Gasteiger partial charge in [0, 0.05) is 5.54 Å². The van der Waals surface area contributed by atoms with E-state index in [0.29, 0.717) is 19.8 Å². The third kappa shape index (κ3) is 9.87. The van der Waals surface area contributed by atoms with Crippen molar-refractivity contribution in [2.24, 2.45) is 0 Å². The number of carbonyl (C=O) groups is 1. The van der Waals surface area contributed by atoms with E-state index < -0.39 is 14.4 Å². The van der Waals surface area contributed by atoms with Gasteiger partial charge in [0.05, 0.1) is 19.8 Å². The predicted molar refractivity (Wildman–Crippen MR) is 88.2 cm³/mol. The van der Waals surface area contributed by atoms with E-state index in [2.05, 4.69) is 39.2 Å². The first-order valence-electron chi connectivity index (χ1n) is 7.52. The average molecular weight is 320 g/mol. The van der Waals surface area contributed by atoms with Crippen LogP contribution >= 0.6 is 0 Å². The van der Waals surface area contributed by atoms with E-state index in [4.69, 9.17) is 13.9 Å². The first-order chi connectivity index (χ1) is 9.35. The molecule has 0 bridgehead atoms. The van der Waals surface area contributed by atoms with Crippen molar-refractivity contribution in [3.63, 3.8) is 0 Å². The summed E-state index contributed by atoms with van der Waals surface area (Å²) in [7, 11) is -1.69. The molecule has 6 heteroatoms. The summed E-state index contributed by atoms with van der Waals surface area (Å²) in [4.78, 5) is 11.4. The summed E-state index contributed by atoms with van der Waals surface area (Å²) < 4.78 is 16.4. The van der Waals surface area contributed by atoms with Crippen LogP contribution in [0, 0.1) is 0 Å². The van der Waals surface area contributed by atoms with Gasteiger partial charge in [-0.15, -0.1) is 0 Å². The summed E-state index contributed by atoms with van der Waals surface area (Å²) in [6.07, 6.45) is -0.413. The third-order valence-corrected chi connectivity index (χ3v) is 7.97.